The molecule has 7 heteroatoms. The van der Waals surface area contributed by atoms with E-state index >= 15 is 0 Å². The standard InChI is InChI=1S/C14H12N4O2S/c1-7-5-8(2)12-10(6-7)21-14(15-12)16-13(20)9-3-4-11(19)18-17-9/h3-6H,1-2H3,(H,18,19)(H,15,16,20). The van der Waals surface area contributed by atoms with Gasteiger partial charge in [-0.1, -0.05) is 17.4 Å². The largest absolute Gasteiger partial charge is 0.296 e. The Morgan fingerprint density at radius 1 is 1.29 bits per heavy atom. The average molecular weight is 300 g/mol. The predicted octanol–water partition coefficient (Wildman–Crippen LogP) is 2.25. The number of aryl methyl sites for hydroxylation is 2. The second kappa shape index (κ2) is 5.10. The number of aromatic nitrogens is 3. The van der Waals surface area contributed by atoms with E-state index in [1.807, 2.05) is 19.9 Å². The summed E-state index contributed by atoms with van der Waals surface area (Å²) >= 11 is 1.41. The minimum absolute atomic E-state index is 0.141. The molecular weight excluding hydrogens is 288 g/mol. The second-order valence-electron chi connectivity index (χ2n) is 4.71. The Bertz CT molecular complexity index is 877. The maximum absolute atomic E-state index is 12.0. The minimum Gasteiger partial charge on any atom is -0.296 e. The third-order valence-corrected chi connectivity index (χ3v) is 3.88. The monoisotopic (exact) mass is 300 g/mol. The molecule has 0 aliphatic heterocycles. The molecule has 0 fully saturated rings. The fourth-order valence-electron chi connectivity index (χ4n) is 2.06. The molecule has 0 aliphatic carbocycles. The van der Waals surface area contributed by atoms with Gasteiger partial charge in [0.05, 0.1) is 10.2 Å². The van der Waals surface area contributed by atoms with Gasteiger partial charge in [0, 0.05) is 6.07 Å². The third kappa shape index (κ3) is 2.68. The van der Waals surface area contributed by atoms with Crippen LogP contribution in [0.3, 0.4) is 0 Å². The van der Waals surface area contributed by atoms with Crippen molar-refractivity contribution in [1.82, 2.24) is 15.2 Å². The van der Waals surface area contributed by atoms with Crippen LogP contribution < -0.4 is 10.9 Å². The number of H-pyrrole nitrogens is 1. The Hall–Kier alpha value is -2.54. The first-order chi connectivity index (χ1) is 10.0. The summed E-state index contributed by atoms with van der Waals surface area (Å²) in [5.41, 5.74) is 2.91. The molecule has 2 N–H and O–H groups in total. The SMILES string of the molecule is Cc1cc(C)c2nc(NC(=O)c3ccc(=O)[nH]n3)sc2c1. The number of fused-ring (bicyclic) bond motifs is 1. The summed E-state index contributed by atoms with van der Waals surface area (Å²) in [5.74, 6) is -0.403. The van der Waals surface area contributed by atoms with Gasteiger partial charge in [0.2, 0.25) is 0 Å². The Morgan fingerprint density at radius 3 is 2.81 bits per heavy atom. The molecule has 3 rings (SSSR count). The summed E-state index contributed by atoms with van der Waals surface area (Å²) < 4.78 is 1.03. The molecule has 1 aromatic carbocycles. The van der Waals surface area contributed by atoms with Crippen molar-refractivity contribution >= 4 is 32.6 Å². The van der Waals surface area contributed by atoms with E-state index < -0.39 is 5.91 Å². The highest BCUT2D eigenvalue weighted by molar-refractivity contribution is 7.22. The molecule has 0 aliphatic rings. The molecule has 2 aromatic heterocycles. The predicted molar refractivity (Wildman–Crippen MR) is 81.9 cm³/mol. The van der Waals surface area contributed by atoms with E-state index in [4.69, 9.17) is 0 Å². The van der Waals surface area contributed by atoms with E-state index in [2.05, 4.69) is 26.6 Å². The van der Waals surface area contributed by atoms with E-state index in [0.29, 0.717) is 5.13 Å². The topological polar surface area (TPSA) is 87.7 Å². The molecule has 3 aromatic rings. The molecule has 0 saturated carbocycles. The number of rotatable bonds is 2. The number of nitrogens with zero attached hydrogens (tertiary/aromatic N) is 2. The van der Waals surface area contributed by atoms with E-state index in [-0.39, 0.29) is 11.3 Å². The van der Waals surface area contributed by atoms with Crippen LogP contribution in [-0.4, -0.2) is 21.1 Å². The van der Waals surface area contributed by atoms with Crippen molar-refractivity contribution in [2.75, 3.05) is 5.32 Å². The summed E-state index contributed by atoms with van der Waals surface area (Å²) in [4.78, 5) is 27.4. The maximum Gasteiger partial charge on any atom is 0.277 e. The van der Waals surface area contributed by atoms with Crippen molar-refractivity contribution in [2.45, 2.75) is 13.8 Å². The summed E-state index contributed by atoms with van der Waals surface area (Å²) in [6, 6.07) is 6.72. The zero-order chi connectivity index (χ0) is 15.0. The van der Waals surface area contributed by atoms with Crippen LogP contribution in [0.4, 0.5) is 5.13 Å². The number of aromatic amines is 1. The first kappa shape index (κ1) is 13.4. The van der Waals surface area contributed by atoms with Gasteiger partial charge in [0.15, 0.2) is 5.13 Å². The van der Waals surface area contributed by atoms with Gasteiger partial charge in [-0.3, -0.25) is 14.9 Å². The molecule has 2 heterocycles. The van der Waals surface area contributed by atoms with Crippen LogP contribution in [-0.2, 0) is 0 Å². The summed E-state index contributed by atoms with van der Waals surface area (Å²) in [5, 5.41) is 9.12. The van der Waals surface area contributed by atoms with Crippen LogP contribution in [0.5, 0.6) is 0 Å². The van der Waals surface area contributed by atoms with Crippen LogP contribution in [0.1, 0.15) is 21.6 Å². The lowest BCUT2D eigenvalue weighted by atomic mass is 10.1. The highest BCUT2D eigenvalue weighted by atomic mass is 32.1. The van der Waals surface area contributed by atoms with E-state index in [0.717, 1.165) is 21.3 Å². The molecule has 0 unspecified atom stereocenters. The van der Waals surface area contributed by atoms with E-state index in [1.165, 1.54) is 23.5 Å². The van der Waals surface area contributed by atoms with Crippen molar-refractivity contribution in [3.05, 3.63) is 51.4 Å². The quantitative estimate of drug-likeness (QED) is 0.760. The first-order valence-electron chi connectivity index (χ1n) is 6.28. The van der Waals surface area contributed by atoms with Gasteiger partial charge in [0.25, 0.3) is 11.5 Å². The zero-order valence-corrected chi connectivity index (χ0v) is 12.2. The minimum atomic E-state index is -0.403. The van der Waals surface area contributed by atoms with Crippen LogP contribution >= 0.6 is 11.3 Å². The van der Waals surface area contributed by atoms with Gasteiger partial charge in [-0.25, -0.2) is 10.1 Å². The second-order valence-corrected chi connectivity index (χ2v) is 5.74. The number of hydrogen-bond donors (Lipinski definition) is 2. The van der Waals surface area contributed by atoms with Crippen molar-refractivity contribution < 1.29 is 4.79 Å². The van der Waals surface area contributed by atoms with Crippen LogP contribution in [0.25, 0.3) is 10.2 Å². The fraction of sp³-hybridized carbons (Fsp3) is 0.143. The molecule has 21 heavy (non-hydrogen) atoms. The number of anilines is 1. The Balaban J connectivity index is 1.91. The smallest absolute Gasteiger partial charge is 0.277 e. The number of thiazole rings is 1. The molecule has 6 nitrogen and oxygen atoms in total. The van der Waals surface area contributed by atoms with Crippen molar-refractivity contribution in [1.29, 1.82) is 0 Å². The Morgan fingerprint density at radius 2 is 2.10 bits per heavy atom. The molecule has 1 amide bonds. The molecule has 0 saturated heterocycles. The van der Waals surface area contributed by atoms with E-state index in [9.17, 15) is 9.59 Å². The number of carbonyl (C=O) groups excluding carboxylic acids is 1. The number of benzene rings is 1. The third-order valence-electron chi connectivity index (χ3n) is 2.96. The summed E-state index contributed by atoms with van der Waals surface area (Å²) in [7, 11) is 0. The van der Waals surface area contributed by atoms with E-state index in [1.54, 1.807) is 0 Å². The van der Waals surface area contributed by atoms with Crippen LogP contribution in [0.2, 0.25) is 0 Å². The highest BCUT2D eigenvalue weighted by Gasteiger charge is 2.12. The lowest BCUT2D eigenvalue weighted by Crippen LogP contribution is -2.17. The van der Waals surface area contributed by atoms with Gasteiger partial charge in [-0.05, 0) is 37.1 Å². The van der Waals surface area contributed by atoms with Crippen LogP contribution in [0, 0.1) is 13.8 Å². The van der Waals surface area contributed by atoms with Crippen LogP contribution in [0.15, 0.2) is 29.1 Å². The number of carbonyl (C=O) groups is 1. The van der Waals surface area contributed by atoms with Crippen molar-refractivity contribution in [3.8, 4) is 0 Å². The first-order valence-corrected chi connectivity index (χ1v) is 7.09. The molecule has 0 spiro atoms. The lowest BCUT2D eigenvalue weighted by Gasteiger charge is -1.99. The van der Waals surface area contributed by atoms with Gasteiger partial charge >= 0.3 is 0 Å². The number of amides is 1. The zero-order valence-electron chi connectivity index (χ0n) is 11.4. The molecule has 0 bridgehead atoms. The molecule has 0 radical (unpaired) electrons. The fourth-order valence-corrected chi connectivity index (χ4v) is 3.09. The number of hydrogen-bond acceptors (Lipinski definition) is 5. The molecule has 0 atom stereocenters. The van der Waals surface area contributed by atoms with Gasteiger partial charge in [-0.2, -0.15) is 5.10 Å². The number of nitrogens with one attached hydrogen (secondary N) is 2. The maximum atomic E-state index is 12.0. The summed E-state index contributed by atoms with van der Waals surface area (Å²) in [6.45, 7) is 4.01. The highest BCUT2D eigenvalue weighted by Crippen LogP contribution is 2.29. The molecule has 106 valence electrons. The average Bonchev–Trinajstić information content (AvgIpc) is 2.82. The Labute approximate surface area is 123 Å². The van der Waals surface area contributed by atoms with Crippen molar-refractivity contribution in [3.63, 3.8) is 0 Å². The normalized spacial score (nSPS) is 10.8. The Kier molecular flexibility index (Phi) is 3.26. The summed E-state index contributed by atoms with van der Waals surface area (Å²) in [6.07, 6.45) is 0. The van der Waals surface area contributed by atoms with Gasteiger partial charge in [-0.15, -0.1) is 0 Å². The van der Waals surface area contributed by atoms with Crippen molar-refractivity contribution in [2.24, 2.45) is 0 Å². The van der Waals surface area contributed by atoms with Gasteiger partial charge in [0.1, 0.15) is 5.69 Å². The lowest BCUT2D eigenvalue weighted by molar-refractivity contribution is 0.102. The van der Waals surface area contributed by atoms with Gasteiger partial charge < -0.3 is 0 Å². The molecular formula is C14H12N4O2S.